The summed E-state index contributed by atoms with van der Waals surface area (Å²) >= 11 is 0. The Bertz CT molecular complexity index is 705. The zero-order valence-electron chi connectivity index (χ0n) is 11.6. The van der Waals surface area contributed by atoms with Crippen LogP contribution in [0.5, 0.6) is 0 Å². The summed E-state index contributed by atoms with van der Waals surface area (Å²) in [7, 11) is 0. The predicted octanol–water partition coefficient (Wildman–Crippen LogP) is 1.09. The molecule has 1 fully saturated rings. The number of fused-ring (bicyclic) bond motifs is 1. The largest absolute Gasteiger partial charge is 0.396 e. The first-order valence-corrected chi connectivity index (χ1v) is 7.31. The van der Waals surface area contributed by atoms with Crippen molar-refractivity contribution in [3.8, 4) is 0 Å². The molecule has 7 nitrogen and oxygen atoms in total. The van der Waals surface area contributed by atoms with Crippen molar-refractivity contribution in [3.63, 3.8) is 0 Å². The van der Waals surface area contributed by atoms with Crippen LogP contribution in [0.2, 0.25) is 0 Å². The monoisotopic (exact) mass is 286 g/mol. The second-order valence-corrected chi connectivity index (χ2v) is 5.79. The van der Waals surface area contributed by atoms with Crippen molar-refractivity contribution < 1.29 is 5.11 Å². The van der Waals surface area contributed by atoms with Crippen LogP contribution in [0.1, 0.15) is 25.3 Å². The van der Waals surface area contributed by atoms with Crippen LogP contribution >= 0.6 is 0 Å². The summed E-state index contributed by atoms with van der Waals surface area (Å²) in [6.07, 6.45) is 9.04. The highest BCUT2D eigenvalue weighted by molar-refractivity contribution is 5.75. The number of nitrogens with one attached hydrogen (secondary N) is 1. The topological polar surface area (TPSA) is 102 Å². The molecule has 0 aliphatic heterocycles. The van der Waals surface area contributed by atoms with Gasteiger partial charge in [-0.05, 0) is 19.3 Å². The first kappa shape index (κ1) is 12.6. The van der Waals surface area contributed by atoms with Gasteiger partial charge in [-0.3, -0.25) is 4.57 Å². The minimum atomic E-state index is 0.141. The van der Waals surface area contributed by atoms with E-state index < -0.39 is 0 Å². The molecule has 0 radical (unpaired) electrons. The second kappa shape index (κ2) is 4.70. The van der Waals surface area contributed by atoms with E-state index in [2.05, 4.69) is 37.0 Å². The lowest BCUT2D eigenvalue weighted by molar-refractivity contribution is 0.245. The first-order chi connectivity index (χ1) is 10.2. The smallest absolute Gasteiger partial charge is 0.222 e. The van der Waals surface area contributed by atoms with Gasteiger partial charge in [0.2, 0.25) is 11.9 Å². The molecule has 0 bridgehead atoms. The lowest BCUT2D eigenvalue weighted by atomic mass is 10.1. The molecule has 0 spiro atoms. The first-order valence-electron chi connectivity index (χ1n) is 7.31. The highest BCUT2D eigenvalue weighted by Gasteiger charge is 2.28. The molecule has 7 heteroatoms. The number of nitrogen functional groups attached to an aromatic ring is 1. The van der Waals surface area contributed by atoms with Gasteiger partial charge in [-0.1, -0.05) is 12.2 Å². The zero-order chi connectivity index (χ0) is 14.4. The molecular formula is C14H18N6O. The molecule has 4 N–H and O–H groups in total. The molecule has 110 valence electrons. The number of rotatable bonds is 4. The number of nitrogens with zero attached hydrogens (tertiary/aromatic N) is 4. The van der Waals surface area contributed by atoms with Crippen LogP contribution in [0.15, 0.2) is 18.3 Å². The summed E-state index contributed by atoms with van der Waals surface area (Å²) in [6, 6.07) is 0.646. The fraction of sp³-hybridized carbons (Fsp3) is 0.500. The van der Waals surface area contributed by atoms with Crippen molar-refractivity contribution in [2.24, 2.45) is 5.92 Å². The fourth-order valence-corrected chi connectivity index (χ4v) is 2.81. The molecule has 2 atom stereocenters. The van der Waals surface area contributed by atoms with Gasteiger partial charge >= 0.3 is 0 Å². The number of hydrogen-bond donors (Lipinski definition) is 3. The molecule has 2 aliphatic carbocycles. The number of hydrogen-bond acceptors (Lipinski definition) is 6. The highest BCUT2D eigenvalue weighted by atomic mass is 16.3. The second-order valence-electron chi connectivity index (χ2n) is 5.79. The van der Waals surface area contributed by atoms with Gasteiger partial charge in [0.05, 0.1) is 12.2 Å². The molecule has 2 aliphatic rings. The third-order valence-electron chi connectivity index (χ3n) is 4.08. The predicted molar refractivity (Wildman–Crippen MR) is 79.7 cm³/mol. The molecule has 2 aromatic heterocycles. The molecule has 4 rings (SSSR count). The van der Waals surface area contributed by atoms with Crippen LogP contribution in [0, 0.1) is 5.92 Å². The Labute approximate surface area is 121 Å². The molecule has 2 heterocycles. The number of nitrogens with two attached hydrogens (primary N) is 1. The van der Waals surface area contributed by atoms with E-state index in [1.165, 1.54) is 12.8 Å². The van der Waals surface area contributed by atoms with E-state index in [0.29, 0.717) is 6.04 Å². The van der Waals surface area contributed by atoms with Gasteiger partial charge in [0.1, 0.15) is 5.52 Å². The van der Waals surface area contributed by atoms with E-state index in [9.17, 15) is 5.11 Å². The standard InChI is InChI=1S/C14H18N6O/c15-13-16-6-11-12(19-13)20(10-4-1-8(5-10)7-21)14(18-11)17-9-2-3-9/h1,4,6,8-10,21H,2-3,5,7H2,(H,17,18)(H2,15,16,19)/t8-,10+/m1/s1. The Morgan fingerprint density at radius 3 is 2.90 bits per heavy atom. The maximum Gasteiger partial charge on any atom is 0.222 e. The fourth-order valence-electron chi connectivity index (χ4n) is 2.81. The molecule has 1 saturated carbocycles. The van der Waals surface area contributed by atoms with Gasteiger partial charge in [0.25, 0.3) is 0 Å². The molecular weight excluding hydrogens is 268 g/mol. The van der Waals surface area contributed by atoms with Crippen molar-refractivity contribution in [1.29, 1.82) is 0 Å². The molecule has 0 amide bonds. The Balaban J connectivity index is 1.79. The van der Waals surface area contributed by atoms with E-state index in [0.717, 1.165) is 23.5 Å². The van der Waals surface area contributed by atoms with E-state index >= 15 is 0 Å². The zero-order valence-corrected chi connectivity index (χ0v) is 11.6. The van der Waals surface area contributed by atoms with Crippen LogP contribution in [-0.4, -0.2) is 37.3 Å². The maximum atomic E-state index is 9.33. The third-order valence-corrected chi connectivity index (χ3v) is 4.08. The minimum Gasteiger partial charge on any atom is -0.396 e. The van der Waals surface area contributed by atoms with Crippen LogP contribution in [-0.2, 0) is 0 Å². The van der Waals surface area contributed by atoms with E-state index in [-0.39, 0.29) is 24.5 Å². The summed E-state index contributed by atoms with van der Waals surface area (Å²) in [5, 5.41) is 12.8. The number of aromatic nitrogens is 4. The molecule has 0 saturated heterocycles. The van der Waals surface area contributed by atoms with Crippen molar-refractivity contribution in [3.05, 3.63) is 18.3 Å². The van der Waals surface area contributed by atoms with Crippen molar-refractivity contribution in [1.82, 2.24) is 19.5 Å². The lowest BCUT2D eigenvalue weighted by Gasteiger charge is -2.16. The van der Waals surface area contributed by atoms with Crippen LogP contribution < -0.4 is 11.1 Å². The summed E-state index contributed by atoms with van der Waals surface area (Å²) < 4.78 is 2.08. The van der Waals surface area contributed by atoms with Gasteiger partial charge in [-0.25, -0.2) is 9.97 Å². The minimum absolute atomic E-state index is 0.141. The summed E-state index contributed by atoms with van der Waals surface area (Å²) in [5.41, 5.74) is 7.22. The van der Waals surface area contributed by atoms with Gasteiger partial charge in [-0.2, -0.15) is 4.98 Å². The summed E-state index contributed by atoms with van der Waals surface area (Å²) in [4.78, 5) is 13.0. The number of imidazole rings is 1. The van der Waals surface area contributed by atoms with E-state index in [1.807, 2.05) is 0 Å². The molecule has 21 heavy (non-hydrogen) atoms. The Hall–Kier alpha value is -2.15. The number of anilines is 2. The van der Waals surface area contributed by atoms with Gasteiger partial charge in [-0.15, -0.1) is 0 Å². The Kier molecular flexibility index (Phi) is 2.81. The van der Waals surface area contributed by atoms with Crippen LogP contribution in [0.3, 0.4) is 0 Å². The lowest BCUT2D eigenvalue weighted by Crippen LogP contribution is -2.14. The highest BCUT2D eigenvalue weighted by Crippen LogP contribution is 2.34. The van der Waals surface area contributed by atoms with Crippen molar-refractivity contribution in [2.75, 3.05) is 17.7 Å². The molecule has 0 unspecified atom stereocenters. The van der Waals surface area contributed by atoms with E-state index in [4.69, 9.17) is 5.73 Å². The Morgan fingerprint density at radius 1 is 1.33 bits per heavy atom. The molecule has 0 aromatic carbocycles. The maximum absolute atomic E-state index is 9.33. The molecule has 2 aromatic rings. The van der Waals surface area contributed by atoms with Crippen molar-refractivity contribution in [2.45, 2.75) is 31.3 Å². The summed E-state index contributed by atoms with van der Waals surface area (Å²) in [5.74, 6) is 1.27. The SMILES string of the molecule is Nc1ncc2nc(NC3CC3)n([C@H]3C=C[C@@H](CO)C3)c2n1. The van der Waals surface area contributed by atoms with E-state index in [1.54, 1.807) is 6.20 Å². The van der Waals surface area contributed by atoms with Crippen LogP contribution in [0.25, 0.3) is 11.2 Å². The van der Waals surface area contributed by atoms with Gasteiger partial charge in [0.15, 0.2) is 5.65 Å². The number of aliphatic hydroxyl groups excluding tert-OH is 1. The van der Waals surface area contributed by atoms with Gasteiger partial charge < -0.3 is 16.2 Å². The Morgan fingerprint density at radius 2 is 2.19 bits per heavy atom. The average Bonchev–Trinajstić information content (AvgIpc) is 3.04. The van der Waals surface area contributed by atoms with Crippen molar-refractivity contribution >= 4 is 23.1 Å². The number of allylic oxidation sites excluding steroid dienone is 1. The summed E-state index contributed by atoms with van der Waals surface area (Å²) in [6.45, 7) is 0.169. The normalized spacial score (nSPS) is 24.8. The quantitative estimate of drug-likeness (QED) is 0.727. The number of aliphatic hydroxyl groups is 1. The third kappa shape index (κ3) is 2.23. The van der Waals surface area contributed by atoms with Gasteiger partial charge in [0, 0.05) is 18.6 Å². The van der Waals surface area contributed by atoms with Crippen LogP contribution in [0.4, 0.5) is 11.9 Å². The average molecular weight is 286 g/mol.